The van der Waals surface area contributed by atoms with E-state index in [-0.39, 0.29) is 69.0 Å². The Morgan fingerprint density at radius 1 is 0.909 bits per heavy atom. The second-order valence-corrected chi connectivity index (χ2v) is 17.1. The van der Waals surface area contributed by atoms with E-state index in [9.17, 15) is 24.0 Å². The van der Waals surface area contributed by atoms with Crippen LogP contribution in [0.2, 0.25) is 0 Å². The fraction of sp³-hybridized carbons (Fsp3) is 0.396. The van der Waals surface area contributed by atoms with Crippen molar-refractivity contribution >= 4 is 35.4 Å². The van der Waals surface area contributed by atoms with E-state index in [1.807, 2.05) is 30.3 Å². The normalized spacial score (nSPS) is 16.6. The van der Waals surface area contributed by atoms with Gasteiger partial charge in [-0.2, -0.15) is 5.26 Å². The lowest BCUT2D eigenvalue weighted by Crippen LogP contribution is -2.56. The molecule has 0 fully saturated rings. The number of benzene rings is 3. The molecule has 3 aromatic carbocycles. The Balaban J connectivity index is 1.57. The van der Waals surface area contributed by atoms with E-state index in [4.69, 9.17) is 37.7 Å². The van der Waals surface area contributed by atoms with E-state index in [2.05, 4.69) is 47.0 Å². The quantitative estimate of drug-likeness (QED) is 0.0795. The Hall–Kier alpha value is -7.07. The van der Waals surface area contributed by atoms with Crippen molar-refractivity contribution in [1.82, 2.24) is 31.2 Å². The number of nitrogens with zero attached hydrogens (tertiary/aromatic N) is 3. The Bertz CT molecular complexity index is 2440. The molecule has 5 amide bonds. The minimum absolute atomic E-state index is 0.00251. The number of carbonyl (C=O) groups is 5. The molecule has 1 aliphatic rings. The number of anilines is 1. The van der Waals surface area contributed by atoms with Crippen LogP contribution in [0.15, 0.2) is 66.7 Å². The van der Waals surface area contributed by atoms with Crippen molar-refractivity contribution in [2.45, 2.75) is 77.0 Å². The van der Waals surface area contributed by atoms with Crippen LogP contribution in [0.1, 0.15) is 72.8 Å². The van der Waals surface area contributed by atoms with Gasteiger partial charge in [-0.3, -0.25) is 24.0 Å². The van der Waals surface area contributed by atoms with E-state index >= 15 is 0 Å². The third-order valence-electron chi connectivity index (χ3n) is 11.1. The zero-order valence-electron chi connectivity index (χ0n) is 38.3. The van der Waals surface area contributed by atoms with Crippen LogP contribution >= 0.6 is 0 Å². The minimum atomic E-state index is -1.42. The number of pyridine rings is 1. The predicted octanol–water partition coefficient (Wildman–Crippen LogP) is 2.11. The lowest BCUT2D eigenvalue weighted by Gasteiger charge is -2.32. The Labute approximate surface area is 385 Å². The molecule has 4 bridgehead atoms. The maximum absolute atomic E-state index is 14.7. The van der Waals surface area contributed by atoms with Crippen LogP contribution in [0.4, 0.5) is 5.82 Å². The van der Waals surface area contributed by atoms with Gasteiger partial charge in [0.05, 0.1) is 17.3 Å². The number of ether oxygens (including phenoxy) is 2. The molecule has 18 nitrogen and oxygen atoms in total. The third kappa shape index (κ3) is 12.0. The Morgan fingerprint density at radius 2 is 1.55 bits per heavy atom. The largest absolute Gasteiger partial charge is 0.492 e. The van der Waals surface area contributed by atoms with Gasteiger partial charge < -0.3 is 58.6 Å². The highest BCUT2D eigenvalue weighted by molar-refractivity contribution is 6.03. The Morgan fingerprint density at radius 3 is 2.14 bits per heavy atom. The summed E-state index contributed by atoms with van der Waals surface area (Å²) in [5.41, 5.74) is 29.1. The van der Waals surface area contributed by atoms with Crippen LogP contribution in [0.5, 0.6) is 11.5 Å². The summed E-state index contributed by atoms with van der Waals surface area (Å²) in [7, 11) is 1.40. The van der Waals surface area contributed by atoms with E-state index in [1.165, 1.54) is 18.9 Å². The molecule has 0 spiro atoms. The van der Waals surface area contributed by atoms with Crippen LogP contribution < -0.4 is 53.7 Å². The summed E-state index contributed by atoms with van der Waals surface area (Å²) in [5.74, 6) is -2.73. The summed E-state index contributed by atoms with van der Waals surface area (Å²) in [6, 6.07) is 16.6. The molecule has 1 aromatic heterocycles. The van der Waals surface area contributed by atoms with Crippen molar-refractivity contribution in [3.8, 4) is 40.0 Å². The van der Waals surface area contributed by atoms with Crippen molar-refractivity contribution in [2.24, 2.45) is 17.2 Å². The van der Waals surface area contributed by atoms with Gasteiger partial charge in [0, 0.05) is 43.2 Å². The Kier molecular flexibility index (Phi) is 16.8. The summed E-state index contributed by atoms with van der Waals surface area (Å²) in [6.45, 7) is 9.86. The number of carbonyl (C=O) groups excluding carboxylic acids is 5. The average molecular weight is 904 g/mol. The molecule has 1 aliphatic heterocycles. The molecule has 66 heavy (non-hydrogen) atoms. The molecular weight excluding hydrogens is 843 g/mol. The van der Waals surface area contributed by atoms with Crippen molar-refractivity contribution in [1.29, 1.82) is 5.26 Å². The molecule has 0 saturated carbocycles. The van der Waals surface area contributed by atoms with Gasteiger partial charge in [0.2, 0.25) is 23.6 Å². The van der Waals surface area contributed by atoms with E-state index < -0.39 is 53.7 Å². The third-order valence-corrected chi connectivity index (χ3v) is 11.1. The van der Waals surface area contributed by atoms with Gasteiger partial charge in [0.15, 0.2) is 0 Å². The summed E-state index contributed by atoms with van der Waals surface area (Å²) >= 11 is 0. The average Bonchev–Trinajstić information content (AvgIpc) is 3.28. The van der Waals surface area contributed by atoms with E-state index in [1.54, 1.807) is 49.4 Å². The zero-order chi connectivity index (χ0) is 48.3. The zero-order valence-corrected chi connectivity index (χ0v) is 38.3. The van der Waals surface area contributed by atoms with Crippen LogP contribution in [0.25, 0.3) is 22.4 Å². The first-order valence-electron chi connectivity index (χ1n) is 21.8. The maximum Gasteiger partial charge on any atom is 0.255 e. The molecule has 0 saturated heterocycles. The first-order chi connectivity index (χ1) is 31.4. The van der Waals surface area contributed by atoms with Crippen LogP contribution in [-0.2, 0) is 31.0 Å². The standard InChI is InChI=1S/C48H61N11O7/c1-27-23-36(30-8-11-32(12-9-30)48(3,4)5)56-42(53)40(27)45(62)57-35(15-16-49)47(64)59(6)41-31-10-14-39(66-22-19-52)34(26-31)33-24-29(7-13-38(33)65-21-18-51)25-37(44(61)54-20-17-50)58-43(60)28(2)55-46(41)63/h7-14,23-24,26,28,35,37,41H,15-16,18-22,25,49,51-52H2,1-6H3,(H2,53,56)(H,54,61)(H,55,63)(H,57,62)(H,58,60)/t28-,35?,37-,41-/m0/s1. The van der Waals surface area contributed by atoms with Crippen molar-refractivity contribution in [3.63, 3.8) is 0 Å². The van der Waals surface area contributed by atoms with Gasteiger partial charge in [-0.1, -0.05) is 57.2 Å². The van der Waals surface area contributed by atoms with Gasteiger partial charge in [0.1, 0.15) is 61.2 Å². The molecule has 4 atom stereocenters. The van der Waals surface area contributed by atoms with Gasteiger partial charge >= 0.3 is 0 Å². The van der Waals surface area contributed by atoms with E-state index in [0.29, 0.717) is 45.0 Å². The van der Waals surface area contributed by atoms with Crippen molar-refractivity contribution in [3.05, 3.63) is 94.5 Å². The monoisotopic (exact) mass is 903 g/mol. The molecule has 4 aromatic rings. The number of amides is 5. The fourth-order valence-electron chi connectivity index (χ4n) is 7.64. The molecule has 0 aliphatic carbocycles. The number of likely N-dealkylation sites (N-methyl/N-ethyl adjacent to an activating group) is 1. The number of nitrogens with two attached hydrogens (primary N) is 4. The number of nitriles is 1. The van der Waals surface area contributed by atoms with Crippen LogP contribution in [-0.4, -0.2) is 104 Å². The van der Waals surface area contributed by atoms with Gasteiger partial charge in [-0.15, -0.1) is 0 Å². The summed E-state index contributed by atoms with van der Waals surface area (Å²) in [6.07, 6.45) is -0.0227. The SMILES string of the molecule is Cc1cc(-c2ccc(C(C)(C)C)cc2)nc(N)c1C(=O)NC(CCN)C(=O)N(C)[C@@H]1C(=O)N[C@@H](C)C(=O)N[C@H](C(=O)NCC#N)Cc2ccc(OCCN)c(c2)-c2cc1ccc2OCCN. The molecular formula is C48H61N11O7. The fourth-order valence-corrected chi connectivity index (χ4v) is 7.64. The maximum atomic E-state index is 14.7. The summed E-state index contributed by atoms with van der Waals surface area (Å²) in [4.78, 5) is 76.2. The van der Waals surface area contributed by atoms with Crippen molar-refractivity contribution < 1.29 is 33.4 Å². The second kappa shape index (κ2) is 22.2. The first kappa shape index (κ1) is 49.9. The molecule has 1 unspecified atom stereocenters. The van der Waals surface area contributed by atoms with Gasteiger partial charge in [-0.25, -0.2) is 4.98 Å². The molecule has 12 N–H and O–H groups in total. The van der Waals surface area contributed by atoms with Crippen LogP contribution in [0.3, 0.4) is 0 Å². The number of fused-ring (bicyclic) bond motifs is 5. The summed E-state index contributed by atoms with van der Waals surface area (Å²) in [5, 5.41) is 19.9. The number of hydrogen-bond acceptors (Lipinski definition) is 13. The first-order valence-corrected chi connectivity index (χ1v) is 21.8. The highest BCUT2D eigenvalue weighted by atomic mass is 16.5. The van der Waals surface area contributed by atoms with Crippen molar-refractivity contribution in [2.75, 3.05) is 52.2 Å². The summed E-state index contributed by atoms with van der Waals surface area (Å²) < 4.78 is 12.2. The number of nitrogen functional groups attached to an aromatic ring is 1. The predicted molar refractivity (Wildman–Crippen MR) is 251 cm³/mol. The lowest BCUT2D eigenvalue weighted by molar-refractivity contribution is -0.141. The lowest BCUT2D eigenvalue weighted by atomic mass is 9.86. The number of aryl methyl sites for hydroxylation is 1. The van der Waals surface area contributed by atoms with Gasteiger partial charge in [0.25, 0.3) is 5.91 Å². The van der Waals surface area contributed by atoms with Gasteiger partial charge in [-0.05, 0) is 84.8 Å². The van der Waals surface area contributed by atoms with E-state index in [0.717, 1.165) is 11.1 Å². The van der Waals surface area contributed by atoms with Crippen LogP contribution in [0, 0.1) is 18.3 Å². The molecule has 350 valence electrons. The number of nitrogens with one attached hydrogen (secondary N) is 4. The number of aromatic nitrogens is 1. The number of hydrogen-bond donors (Lipinski definition) is 8. The molecule has 5 rings (SSSR count). The highest BCUT2D eigenvalue weighted by Gasteiger charge is 2.36. The number of rotatable bonds is 15. The molecule has 0 radical (unpaired) electrons. The molecule has 2 heterocycles. The smallest absolute Gasteiger partial charge is 0.255 e. The highest BCUT2D eigenvalue weighted by Crippen LogP contribution is 2.40. The molecule has 18 heteroatoms. The second-order valence-electron chi connectivity index (χ2n) is 17.1. The topological polar surface area (TPSA) is 296 Å². The minimum Gasteiger partial charge on any atom is -0.492 e.